The first kappa shape index (κ1) is 10.6. The van der Waals surface area contributed by atoms with E-state index in [1.807, 2.05) is 0 Å². The first-order valence-corrected chi connectivity index (χ1v) is 5.59. The summed E-state index contributed by atoms with van der Waals surface area (Å²) >= 11 is 0. The molecule has 2 heterocycles. The molecule has 0 saturated carbocycles. The van der Waals surface area contributed by atoms with Crippen LogP contribution in [-0.2, 0) is 14.3 Å². The van der Waals surface area contributed by atoms with Crippen molar-refractivity contribution in [3.05, 3.63) is 0 Å². The largest absolute Gasteiger partial charge is 0.393 e. The summed E-state index contributed by atoms with van der Waals surface area (Å²) in [5, 5.41) is 0. The fourth-order valence-electron chi connectivity index (χ4n) is 2.58. The molecule has 0 amide bonds. The van der Waals surface area contributed by atoms with Gasteiger partial charge in [-0.2, -0.15) is 0 Å². The molecule has 15 heavy (non-hydrogen) atoms. The summed E-state index contributed by atoms with van der Waals surface area (Å²) < 4.78 is 4.52. The molecule has 0 N–H and O–H groups in total. The van der Waals surface area contributed by atoms with Gasteiger partial charge in [-0.05, 0) is 38.8 Å². The minimum Gasteiger partial charge on any atom is -0.393 e. The number of esters is 2. The van der Waals surface area contributed by atoms with E-state index in [-0.39, 0.29) is 17.9 Å². The monoisotopic (exact) mass is 211 g/mol. The summed E-state index contributed by atoms with van der Waals surface area (Å²) in [5.74, 6) is -0.502. The summed E-state index contributed by atoms with van der Waals surface area (Å²) in [6.07, 6.45) is 4.20. The van der Waals surface area contributed by atoms with Crippen molar-refractivity contribution in [1.82, 2.24) is 4.90 Å². The zero-order chi connectivity index (χ0) is 10.8. The van der Waals surface area contributed by atoms with Gasteiger partial charge in [0, 0.05) is 18.9 Å². The van der Waals surface area contributed by atoms with E-state index in [4.69, 9.17) is 0 Å². The molecule has 2 saturated heterocycles. The summed E-state index contributed by atoms with van der Waals surface area (Å²) in [5.41, 5.74) is 0. The average molecular weight is 211 g/mol. The second-order valence-corrected chi connectivity index (χ2v) is 4.63. The lowest BCUT2D eigenvalue weighted by molar-refractivity contribution is -0.165. The third kappa shape index (κ3) is 2.56. The van der Waals surface area contributed by atoms with E-state index in [2.05, 4.69) is 16.7 Å². The fourth-order valence-corrected chi connectivity index (χ4v) is 2.58. The number of ether oxygens (including phenoxy) is 1. The second kappa shape index (κ2) is 4.31. The maximum Gasteiger partial charge on any atom is 0.313 e. The van der Waals surface area contributed by atoms with Crippen LogP contribution in [0.4, 0.5) is 0 Å². The molecule has 4 heteroatoms. The van der Waals surface area contributed by atoms with Gasteiger partial charge in [0.15, 0.2) is 0 Å². The van der Waals surface area contributed by atoms with Crippen LogP contribution in [0.2, 0.25) is 0 Å². The van der Waals surface area contributed by atoms with Gasteiger partial charge in [-0.1, -0.05) is 0 Å². The quantitative estimate of drug-likeness (QED) is 0.504. The number of cyclic esters (lactones) is 2. The van der Waals surface area contributed by atoms with Gasteiger partial charge in [0.05, 0.1) is 0 Å². The molecule has 0 spiro atoms. The Morgan fingerprint density at radius 1 is 1.33 bits per heavy atom. The van der Waals surface area contributed by atoms with E-state index in [9.17, 15) is 9.59 Å². The van der Waals surface area contributed by atoms with Crippen molar-refractivity contribution in [2.45, 2.75) is 38.1 Å². The normalized spacial score (nSPS) is 29.5. The number of hydrogen-bond acceptors (Lipinski definition) is 4. The minimum atomic E-state index is -0.350. The molecule has 2 rings (SSSR count). The highest BCUT2D eigenvalue weighted by molar-refractivity contribution is 5.88. The van der Waals surface area contributed by atoms with E-state index in [1.165, 1.54) is 12.8 Å². The van der Waals surface area contributed by atoms with Gasteiger partial charge in [0.2, 0.25) is 0 Å². The second-order valence-electron chi connectivity index (χ2n) is 4.63. The molecule has 2 aliphatic rings. The lowest BCUT2D eigenvalue weighted by Gasteiger charge is -2.26. The number of carbonyl (C=O) groups is 2. The Labute approximate surface area is 89.6 Å². The SMILES string of the molecule is CN1CCCC1CC1CC(=O)OC(=O)C1. The Kier molecular flexibility index (Phi) is 3.05. The van der Waals surface area contributed by atoms with E-state index in [0.717, 1.165) is 13.0 Å². The average Bonchev–Trinajstić information content (AvgIpc) is 2.50. The Hall–Kier alpha value is -0.900. The van der Waals surface area contributed by atoms with Gasteiger partial charge in [0.25, 0.3) is 0 Å². The van der Waals surface area contributed by atoms with Crippen molar-refractivity contribution >= 4 is 11.9 Å². The van der Waals surface area contributed by atoms with Crippen LogP contribution in [0.1, 0.15) is 32.1 Å². The molecule has 2 fully saturated rings. The summed E-state index contributed by atoms with van der Waals surface area (Å²) in [4.78, 5) is 24.5. The first-order chi connectivity index (χ1) is 7.15. The van der Waals surface area contributed by atoms with E-state index in [1.54, 1.807) is 0 Å². The highest BCUT2D eigenvalue weighted by atomic mass is 16.6. The fraction of sp³-hybridized carbons (Fsp3) is 0.818. The number of nitrogens with zero attached hydrogens (tertiary/aromatic N) is 1. The lowest BCUT2D eigenvalue weighted by Crippen LogP contribution is -2.32. The van der Waals surface area contributed by atoms with Crippen molar-refractivity contribution in [1.29, 1.82) is 0 Å². The smallest absolute Gasteiger partial charge is 0.313 e. The standard InChI is InChI=1S/C11H17NO3/c1-12-4-2-3-9(12)5-8-6-10(13)15-11(14)7-8/h8-9H,2-7H2,1H3. The van der Waals surface area contributed by atoms with Gasteiger partial charge in [-0.25, -0.2) is 0 Å². The van der Waals surface area contributed by atoms with Gasteiger partial charge in [0.1, 0.15) is 0 Å². The van der Waals surface area contributed by atoms with Crippen molar-refractivity contribution in [3.63, 3.8) is 0 Å². The minimum absolute atomic E-state index is 0.198. The number of likely N-dealkylation sites (tertiary alicyclic amines) is 1. The van der Waals surface area contributed by atoms with Crippen LogP contribution in [0.15, 0.2) is 0 Å². The summed E-state index contributed by atoms with van der Waals surface area (Å²) in [7, 11) is 2.11. The predicted octanol–water partition coefficient (Wildman–Crippen LogP) is 0.950. The first-order valence-electron chi connectivity index (χ1n) is 5.59. The molecule has 0 aromatic rings. The molecule has 0 aromatic carbocycles. The Balaban J connectivity index is 1.88. The molecule has 84 valence electrons. The molecule has 0 radical (unpaired) electrons. The van der Waals surface area contributed by atoms with Crippen LogP contribution in [0, 0.1) is 5.92 Å². The zero-order valence-electron chi connectivity index (χ0n) is 9.07. The molecule has 0 aromatic heterocycles. The maximum absolute atomic E-state index is 11.1. The molecular weight excluding hydrogens is 194 g/mol. The summed E-state index contributed by atoms with van der Waals surface area (Å²) in [6.45, 7) is 1.13. The molecule has 1 atom stereocenters. The Morgan fingerprint density at radius 3 is 2.53 bits per heavy atom. The van der Waals surface area contributed by atoms with Crippen molar-refractivity contribution in [2.75, 3.05) is 13.6 Å². The van der Waals surface area contributed by atoms with Crippen LogP contribution in [-0.4, -0.2) is 36.5 Å². The number of carbonyl (C=O) groups excluding carboxylic acids is 2. The molecule has 1 unspecified atom stereocenters. The van der Waals surface area contributed by atoms with E-state index < -0.39 is 0 Å². The highest BCUT2D eigenvalue weighted by Gasteiger charge is 2.31. The third-order valence-corrected chi connectivity index (χ3v) is 3.42. The number of hydrogen-bond donors (Lipinski definition) is 0. The summed E-state index contributed by atoms with van der Waals surface area (Å²) in [6, 6.07) is 0.550. The highest BCUT2D eigenvalue weighted by Crippen LogP contribution is 2.27. The van der Waals surface area contributed by atoms with Crippen molar-refractivity contribution < 1.29 is 14.3 Å². The predicted molar refractivity (Wildman–Crippen MR) is 54.1 cm³/mol. The molecular formula is C11H17NO3. The van der Waals surface area contributed by atoms with Crippen LogP contribution >= 0.6 is 0 Å². The van der Waals surface area contributed by atoms with Crippen molar-refractivity contribution in [3.8, 4) is 0 Å². The maximum atomic E-state index is 11.1. The molecule has 4 nitrogen and oxygen atoms in total. The third-order valence-electron chi connectivity index (χ3n) is 3.42. The molecule has 0 bridgehead atoms. The molecule has 2 aliphatic heterocycles. The van der Waals surface area contributed by atoms with Crippen LogP contribution < -0.4 is 0 Å². The zero-order valence-corrected chi connectivity index (χ0v) is 9.07. The lowest BCUT2D eigenvalue weighted by atomic mass is 9.91. The van der Waals surface area contributed by atoms with Gasteiger partial charge in [-0.15, -0.1) is 0 Å². The van der Waals surface area contributed by atoms with Crippen LogP contribution in [0.25, 0.3) is 0 Å². The van der Waals surface area contributed by atoms with Gasteiger partial charge >= 0.3 is 11.9 Å². The number of rotatable bonds is 2. The van der Waals surface area contributed by atoms with Crippen molar-refractivity contribution in [2.24, 2.45) is 5.92 Å². The van der Waals surface area contributed by atoms with Crippen LogP contribution in [0.3, 0.4) is 0 Å². The van der Waals surface area contributed by atoms with Gasteiger partial charge < -0.3 is 9.64 Å². The van der Waals surface area contributed by atoms with Crippen LogP contribution in [0.5, 0.6) is 0 Å². The topological polar surface area (TPSA) is 46.6 Å². The molecule has 0 aliphatic carbocycles. The van der Waals surface area contributed by atoms with Gasteiger partial charge in [-0.3, -0.25) is 9.59 Å². The van der Waals surface area contributed by atoms with E-state index >= 15 is 0 Å². The Bertz CT molecular complexity index is 261. The Morgan fingerprint density at radius 2 is 2.00 bits per heavy atom. The van der Waals surface area contributed by atoms with E-state index in [0.29, 0.717) is 18.9 Å².